The quantitative estimate of drug-likeness (QED) is 0.870. The smallest absolute Gasteiger partial charge is 0.251 e. The highest BCUT2D eigenvalue weighted by molar-refractivity contribution is 5.94. The molecule has 0 spiro atoms. The van der Waals surface area contributed by atoms with Gasteiger partial charge in [0, 0.05) is 12.1 Å². The minimum atomic E-state index is -0.0732. The standard InChI is InChI=1S/C19H23NO2/c1-4-22-18-11-9-17(10-12-18)19(21)20-13-15-5-7-16(8-6-15)14(2)3/h5-12,14H,4,13H2,1-3H3,(H,20,21). The van der Waals surface area contributed by atoms with E-state index in [0.717, 1.165) is 11.3 Å². The zero-order valence-corrected chi connectivity index (χ0v) is 13.4. The lowest BCUT2D eigenvalue weighted by Crippen LogP contribution is -2.22. The first-order chi connectivity index (χ1) is 10.6. The molecule has 0 saturated heterocycles. The van der Waals surface area contributed by atoms with Crippen molar-refractivity contribution in [1.29, 1.82) is 0 Å². The maximum atomic E-state index is 12.1. The van der Waals surface area contributed by atoms with Crippen molar-refractivity contribution >= 4 is 5.91 Å². The van der Waals surface area contributed by atoms with E-state index in [0.29, 0.717) is 24.6 Å². The SMILES string of the molecule is CCOc1ccc(C(=O)NCc2ccc(C(C)C)cc2)cc1. The van der Waals surface area contributed by atoms with Crippen molar-refractivity contribution in [3.63, 3.8) is 0 Å². The number of ether oxygens (including phenoxy) is 1. The van der Waals surface area contributed by atoms with Gasteiger partial charge >= 0.3 is 0 Å². The van der Waals surface area contributed by atoms with Crippen LogP contribution in [-0.4, -0.2) is 12.5 Å². The van der Waals surface area contributed by atoms with Gasteiger partial charge in [0.05, 0.1) is 6.61 Å². The molecule has 2 aromatic carbocycles. The van der Waals surface area contributed by atoms with Gasteiger partial charge in [0.15, 0.2) is 0 Å². The molecule has 0 saturated carbocycles. The molecule has 1 amide bonds. The molecule has 0 aliphatic carbocycles. The zero-order chi connectivity index (χ0) is 15.9. The maximum Gasteiger partial charge on any atom is 0.251 e. The van der Waals surface area contributed by atoms with E-state index in [4.69, 9.17) is 4.74 Å². The number of nitrogens with one attached hydrogen (secondary N) is 1. The molecule has 0 aromatic heterocycles. The van der Waals surface area contributed by atoms with Crippen molar-refractivity contribution in [1.82, 2.24) is 5.32 Å². The van der Waals surface area contributed by atoms with Crippen molar-refractivity contribution in [3.05, 3.63) is 65.2 Å². The summed E-state index contributed by atoms with van der Waals surface area (Å²) in [4.78, 5) is 12.1. The van der Waals surface area contributed by atoms with Crippen LogP contribution in [0.4, 0.5) is 0 Å². The third-order valence-corrected chi connectivity index (χ3v) is 3.53. The third-order valence-electron chi connectivity index (χ3n) is 3.53. The predicted octanol–water partition coefficient (Wildman–Crippen LogP) is 4.14. The van der Waals surface area contributed by atoms with E-state index in [-0.39, 0.29) is 5.91 Å². The average molecular weight is 297 g/mol. The van der Waals surface area contributed by atoms with E-state index in [2.05, 4.69) is 43.4 Å². The minimum Gasteiger partial charge on any atom is -0.494 e. The molecule has 0 unspecified atom stereocenters. The molecule has 2 rings (SSSR count). The average Bonchev–Trinajstić information content (AvgIpc) is 2.54. The molecule has 0 heterocycles. The Hall–Kier alpha value is -2.29. The van der Waals surface area contributed by atoms with Crippen molar-refractivity contribution < 1.29 is 9.53 Å². The van der Waals surface area contributed by atoms with Crippen LogP contribution >= 0.6 is 0 Å². The van der Waals surface area contributed by atoms with Crippen LogP contribution in [0, 0.1) is 0 Å². The normalized spacial score (nSPS) is 10.5. The second kappa shape index (κ2) is 7.64. The topological polar surface area (TPSA) is 38.3 Å². The number of hydrogen-bond donors (Lipinski definition) is 1. The molecule has 2 aromatic rings. The first-order valence-electron chi connectivity index (χ1n) is 7.70. The maximum absolute atomic E-state index is 12.1. The molecule has 0 aliphatic heterocycles. The van der Waals surface area contributed by atoms with Crippen LogP contribution in [-0.2, 0) is 6.54 Å². The third kappa shape index (κ3) is 4.35. The molecule has 1 N–H and O–H groups in total. The fraction of sp³-hybridized carbons (Fsp3) is 0.316. The number of rotatable bonds is 6. The summed E-state index contributed by atoms with van der Waals surface area (Å²) in [6, 6.07) is 15.5. The van der Waals surface area contributed by atoms with Gasteiger partial charge in [-0.05, 0) is 48.2 Å². The summed E-state index contributed by atoms with van der Waals surface area (Å²) in [6.45, 7) is 7.43. The summed E-state index contributed by atoms with van der Waals surface area (Å²) < 4.78 is 5.37. The molecular formula is C19H23NO2. The highest BCUT2D eigenvalue weighted by Gasteiger charge is 2.06. The van der Waals surface area contributed by atoms with Crippen LogP contribution in [0.25, 0.3) is 0 Å². The fourth-order valence-electron chi connectivity index (χ4n) is 2.17. The van der Waals surface area contributed by atoms with Gasteiger partial charge in [-0.25, -0.2) is 0 Å². The van der Waals surface area contributed by atoms with Gasteiger partial charge in [0.25, 0.3) is 5.91 Å². The Morgan fingerprint density at radius 3 is 2.23 bits per heavy atom. The van der Waals surface area contributed by atoms with Gasteiger partial charge in [-0.3, -0.25) is 4.79 Å². The Bertz CT molecular complexity index is 600. The molecular weight excluding hydrogens is 274 g/mol. The molecule has 0 aliphatic rings. The first-order valence-corrected chi connectivity index (χ1v) is 7.70. The predicted molar refractivity (Wildman–Crippen MR) is 89.3 cm³/mol. The number of carbonyl (C=O) groups is 1. The van der Waals surface area contributed by atoms with Crippen LogP contribution in [0.3, 0.4) is 0 Å². The van der Waals surface area contributed by atoms with Gasteiger partial charge in [-0.2, -0.15) is 0 Å². The summed E-state index contributed by atoms with van der Waals surface area (Å²) >= 11 is 0. The van der Waals surface area contributed by atoms with Crippen LogP contribution in [0.2, 0.25) is 0 Å². The molecule has 3 nitrogen and oxygen atoms in total. The van der Waals surface area contributed by atoms with E-state index in [1.807, 2.05) is 19.1 Å². The molecule has 0 bridgehead atoms. The number of benzene rings is 2. The monoisotopic (exact) mass is 297 g/mol. The Balaban J connectivity index is 1.91. The Kier molecular flexibility index (Phi) is 5.59. The van der Waals surface area contributed by atoms with Crippen molar-refractivity contribution in [2.24, 2.45) is 0 Å². The van der Waals surface area contributed by atoms with Crippen molar-refractivity contribution in [2.75, 3.05) is 6.61 Å². The second-order valence-corrected chi connectivity index (χ2v) is 5.54. The van der Waals surface area contributed by atoms with E-state index in [9.17, 15) is 4.79 Å². The van der Waals surface area contributed by atoms with E-state index in [1.165, 1.54) is 5.56 Å². The Morgan fingerprint density at radius 1 is 1.05 bits per heavy atom. The van der Waals surface area contributed by atoms with Crippen LogP contribution in [0.15, 0.2) is 48.5 Å². The van der Waals surface area contributed by atoms with E-state index in [1.54, 1.807) is 12.1 Å². The Labute approximate surface area is 132 Å². The van der Waals surface area contributed by atoms with Crippen molar-refractivity contribution in [3.8, 4) is 5.75 Å². The van der Waals surface area contributed by atoms with Crippen LogP contribution in [0.5, 0.6) is 5.75 Å². The van der Waals surface area contributed by atoms with E-state index >= 15 is 0 Å². The lowest BCUT2D eigenvalue weighted by molar-refractivity contribution is 0.0951. The number of carbonyl (C=O) groups excluding carboxylic acids is 1. The molecule has 3 heteroatoms. The van der Waals surface area contributed by atoms with Crippen LogP contribution in [0.1, 0.15) is 48.2 Å². The van der Waals surface area contributed by atoms with Gasteiger partial charge < -0.3 is 10.1 Å². The van der Waals surface area contributed by atoms with Crippen molar-refractivity contribution in [2.45, 2.75) is 33.2 Å². The zero-order valence-electron chi connectivity index (χ0n) is 13.4. The molecule has 22 heavy (non-hydrogen) atoms. The summed E-state index contributed by atoms with van der Waals surface area (Å²) in [7, 11) is 0. The summed E-state index contributed by atoms with van der Waals surface area (Å²) in [5, 5.41) is 2.94. The lowest BCUT2D eigenvalue weighted by atomic mass is 10.0. The largest absolute Gasteiger partial charge is 0.494 e. The lowest BCUT2D eigenvalue weighted by Gasteiger charge is -2.09. The minimum absolute atomic E-state index is 0.0732. The van der Waals surface area contributed by atoms with Crippen LogP contribution < -0.4 is 10.1 Å². The highest BCUT2D eigenvalue weighted by atomic mass is 16.5. The van der Waals surface area contributed by atoms with Gasteiger partial charge in [0.2, 0.25) is 0 Å². The summed E-state index contributed by atoms with van der Waals surface area (Å²) in [6.07, 6.45) is 0. The molecule has 0 radical (unpaired) electrons. The molecule has 0 atom stereocenters. The first kappa shape index (κ1) is 16.1. The summed E-state index contributed by atoms with van der Waals surface area (Å²) in [5.41, 5.74) is 3.05. The highest BCUT2D eigenvalue weighted by Crippen LogP contribution is 2.15. The number of amides is 1. The molecule has 116 valence electrons. The second-order valence-electron chi connectivity index (χ2n) is 5.54. The fourth-order valence-corrected chi connectivity index (χ4v) is 2.17. The molecule has 0 fully saturated rings. The summed E-state index contributed by atoms with van der Waals surface area (Å²) in [5.74, 6) is 1.23. The Morgan fingerprint density at radius 2 is 1.68 bits per heavy atom. The number of hydrogen-bond acceptors (Lipinski definition) is 2. The van der Waals surface area contributed by atoms with Gasteiger partial charge in [-0.1, -0.05) is 38.1 Å². The van der Waals surface area contributed by atoms with E-state index < -0.39 is 0 Å². The van der Waals surface area contributed by atoms with Gasteiger partial charge in [-0.15, -0.1) is 0 Å². The van der Waals surface area contributed by atoms with Gasteiger partial charge in [0.1, 0.15) is 5.75 Å².